The van der Waals surface area contributed by atoms with E-state index >= 15 is 0 Å². The highest BCUT2D eigenvalue weighted by atomic mass is 16.3. The Morgan fingerprint density at radius 1 is 1.38 bits per heavy atom. The van der Waals surface area contributed by atoms with Crippen LogP contribution in [0, 0.1) is 5.41 Å². The Hall–Kier alpha value is -1.13. The van der Waals surface area contributed by atoms with Gasteiger partial charge < -0.3 is 16.6 Å². The Labute approximate surface area is 96.7 Å². The molecule has 1 rings (SSSR count). The molecule has 0 aliphatic heterocycles. The van der Waals surface area contributed by atoms with Crippen LogP contribution in [0.25, 0.3) is 0 Å². The van der Waals surface area contributed by atoms with Crippen LogP contribution in [0.1, 0.15) is 26.3 Å². The molecule has 90 valence electrons. The number of nitrogens with zero attached hydrogens (tertiary/aromatic N) is 1. The number of hydrogen-bond acceptors (Lipinski definition) is 4. The summed E-state index contributed by atoms with van der Waals surface area (Å²) >= 11 is 0. The van der Waals surface area contributed by atoms with Crippen molar-refractivity contribution in [3.63, 3.8) is 0 Å². The minimum atomic E-state index is -0.968. The highest BCUT2D eigenvalue weighted by molar-refractivity contribution is 5.39. The van der Waals surface area contributed by atoms with Gasteiger partial charge in [0.15, 0.2) is 0 Å². The summed E-state index contributed by atoms with van der Waals surface area (Å²) < 4.78 is 0. The van der Waals surface area contributed by atoms with Crippen LogP contribution < -0.4 is 11.5 Å². The van der Waals surface area contributed by atoms with E-state index in [4.69, 9.17) is 11.5 Å². The van der Waals surface area contributed by atoms with Crippen molar-refractivity contribution in [1.29, 1.82) is 0 Å². The summed E-state index contributed by atoms with van der Waals surface area (Å²) in [5.41, 5.74) is 11.0. The molecule has 1 aromatic heterocycles. The standard InChI is InChI=1S/C12H21N3O/c1-11(2,3)12(16,8-13)7-9-5-4-6-15-10(9)14/h4-6,16H,7-8,13H2,1-3H3,(H2,14,15). The average molecular weight is 223 g/mol. The Kier molecular flexibility index (Phi) is 3.55. The van der Waals surface area contributed by atoms with E-state index in [9.17, 15) is 5.11 Å². The van der Waals surface area contributed by atoms with Crippen molar-refractivity contribution in [3.05, 3.63) is 23.9 Å². The highest BCUT2D eigenvalue weighted by Crippen LogP contribution is 2.33. The Bertz CT molecular complexity index is 360. The van der Waals surface area contributed by atoms with Gasteiger partial charge in [0.1, 0.15) is 5.82 Å². The minimum absolute atomic E-state index is 0.199. The van der Waals surface area contributed by atoms with Gasteiger partial charge in [-0.05, 0) is 17.0 Å². The van der Waals surface area contributed by atoms with Crippen LogP contribution in [0.15, 0.2) is 18.3 Å². The molecule has 4 heteroatoms. The minimum Gasteiger partial charge on any atom is -0.388 e. The predicted octanol–water partition coefficient (Wildman–Crippen LogP) is 0.942. The summed E-state index contributed by atoms with van der Waals surface area (Å²) in [5.74, 6) is 0.457. The first-order chi connectivity index (χ1) is 7.30. The van der Waals surface area contributed by atoms with Gasteiger partial charge in [0.2, 0.25) is 0 Å². The van der Waals surface area contributed by atoms with Crippen LogP contribution in [0.3, 0.4) is 0 Å². The first-order valence-corrected chi connectivity index (χ1v) is 5.42. The summed E-state index contributed by atoms with van der Waals surface area (Å²) in [6.07, 6.45) is 2.06. The lowest BCUT2D eigenvalue weighted by molar-refractivity contribution is -0.0489. The largest absolute Gasteiger partial charge is 0.388 e. The molecule has 0 radical (unpaired) electrons. The fourth-order valence-corrected chi connectivity index (χ4v) is 1.56. The van der Waals surface area contributed by atoms with E-state index in [1.807, 2.05) is 32.9 Å². The second-order valence-electron chi connectivity index (χ2n) is 5.21. The molecule has 0 spiro atoms. The number of hydrogen-bond donors (Lipinski definition) is 3. The summed E-state index contributed by atoms with van der Waals surface area (Å²) in [6.45, 7) is 6.09. The molecule has 0 fully saturated rings. The number of pyridine rings is 1. The van der Waals surface area contributed by atoms with Gasteiger partial charge in [-0.25, -0.2) is 4.98 Å². The van der Waals surface area contributed by atoms with Crippen molar-refractivity contribution >= 4 is 5.82 Å². The van der Waals surface area contributed by atoms with Crippen molar-refractivity contribution in [2.45, 2.75) is 32.8 Å². The van der Waals surface area contributed by atoms with Crippen molar-refractivity contribution in [1.82, 2.24) is 4.98 Å². The SMILES string of the molecule is CC(C)(C)C(O)(CN)Cc1cccnc1N. The zero-order valence-electron chi connectivity index (χ0n) is 10.2. The van der Waals surface area contributed by atoms with Gasteiger partial charge in [-0.15, -0.1) is 0 Å². The quantitative estimate of drug-likeness (QED) is 0.712. The summed E-state index contributed by atoms with van der Waals surface area (Å²) in [6, 6.07) is 3.68. The monoisotopic (exact) mass is 223 g/mol. The molecule has 1 atom stereocenters. The van der Waals surface area contributed by atoms with Crippen LogP contribution in [-0.4, -0.2) is 22.2 Å². The van der Waals surface area contributed by atoms with E-state index in [1.165, 1.54) is 0 Å². The second kappa shape index (κ2) is 4.39. The Balaban J connectivity index is 2.99. The number of nitrogens with two attached hydrogens (primary N) is 2. The summed E-state index contributed by atoms with van der Waals surface area (Å²) in [5, 5.41) is 10.5. The second-order valence-corrected chi connectivity index (χ2v) is 5.21. The Morgan fingerprint density at radius 3 is 2.44 bits per heavy atom. The topological polar surface area (TPSA) is 85.2 Å². The van der Waals surface area contributed by atoms with Crippen molar-refractivity contribution < 1.29 is 5.11 Å². The van der Waals surface area contributed by atoms with Gasteiger partial charge >= 0.3 is 0 Å². The van der Waals surface area contributed by atoms with Crippen molar-refractivity contribution in [2.75, 3.05) is 12.3 Å². The lowest BCUT2D eigenvalue weighted by Gasteiger charge is -2.39. The molecular weight excluding hydrogens is 202 g/mol. The maximum absolute atomic E-state index is 10.5. The van der Waals surface area contributed by atoms with E-state index in [-0.39, 0.29) is 12.0 Å². The number of aromatic nitrogens is 1. The molecule has 0 aromatic carbocycles. The maximum Gasteiger partial charge on any atom is 0.126 e. The summed E-state index contributed by atoms with van der Waals surface area (Å²) in [7, 11) is 0. The first-order valence-electron chi connectivity index (χ1n) is 5.42. The number of anilines is 1. The molecule has 0 aliphatic carbocycles. The zero-order valence-corrected chi connectivity index (χ0v) is 10.2. The van der Waals surface area contributed by atoms with Crippen molar-refractivity contribution in [2.24, 2.45) is 11.1 Å². The molecule has 1 unspecified atom stereocenters. The third kappa shape index (κ3) is 2.51. The van der Waals surface area contributed by atoms with Gasteiger partial charge in [0.05, 0.1) is 5.60 Å². The van der Waals surface area contributed by atoms with Crippen LogP contribution in [0.5, 0.6) is 0 Å². The van der Waals surface area contributed by atoms with E-state index in [1.54, 1.807) is 6.20 Å². The molecule has 4 nitrogen and oxygen atoms in total. The van der Waals surface area contributed by atoms with E-state index in [2.05, 4.69) is 4.98 Å². The normalized spacial score (nSPS) is 15.8. The molecule has 0 bridgehead atoms. The van der Waals surface area contributed by atoms with Gasteiger partial charge in [0, 0.05) is 19.2 Å². The Morgan fingerprint density at radius 2 is 2.00 bits per heavy atom. The third-order valence-electron chi connectivity index (χ3n) is 3.14. The van der Waals surface area contributed by atoms with Crippen LogP contribution in [0.4, 0.5) is 5.82 Å². The van der Waals surface area contributed by atoms with Gasteiger partial charge in [-0.2, -0.15) is 0 Å². The zero-order chi connectivity index (χ0) is 12.4. The molecule has 1 aromatic rings. The molecular formula is C12H21N3O. The maximum atomic E-state index is 10.5. The number of nitrogen functional groups attached to an aromatic ring is 1. The van der Waals surface area contributed by atoms with E-state index in [0.717, 1.165) is 5.56 Å². The lowest BCUT2D eigenvalue weighted by atomic mass is 9.73. The van der Waals surface area contributed by atoms with E-state index in [0.29, 0.717) is 12.2 Å². The van der Waals surface area contributed by atoms with Gasteiger partial charge in [0.25, 0.3) is 0 Å². The molecule has 0 aliphatic rings. The van der Waals surface area contributed by atoms with Crippen LogP contribution >= 0.6 is 0 Å². The smallest absolute Gasteiger partial charge is 0.126 e. The third-order valence-corrected chi connectivity index (χ3v) is 3.14. The number of rotatable bonds is 3. The van der Waals surface area contributed by atoms with Crippen molar-refractivity contribution in [3.8, 4) is 0 Å². The molecule has 5 N–H and O–H groups in total. The van der Waals surface area contributed by atoms with Crippen LogP contribution in [-0.2, 0) is 6.42 Å². The summed E-state index contributed by atoms with van der Waals surface area (Å²) in [4.78, 5) is 4.01. The molecule has 16 heavy (non-hydrogen) atoms. The predicted molar refractivity (Wildman–Crippen MR) is 65.8 cm³/mol. The fraction of sp³-hybridized carbons (Fsp3) is 0.583. The molecule has 0 saturated carbocycles. The van der Waals surface area contributed by atoms with Crippen LogP contribution in [0.2, 0.25) is 0 Å². The fourth-order valence-electron chi connectivity index (χ4n) is 1.56. The van der Waals surface area contributed by atoms with Gasteiger partial charge in [-0.3, -0.25) is 0 Å². The molecule has 0 saturated heterocycles. The molecule has 1 heterocycles. The highest BCUT2D eigenvalue weighted by Gasteiger charge is 2.39. The lowest BCUT2D eigenvalue weighted by Crippen LogP contribution is -2.51. The first kappa shape index (κ1) is 12.9. The molecule has 0 amide bonds. The van der Waals surface area contributed by atoms with Gasteiger partial charge in [-0.1, -0.05) is 26.8 Å². The number of aliphatic hydroxyl groups is 1. The average Bonchev–Trinajstić information content (AvgIpc) is 2.19. The van der Waals surface area contributed by atoms with E-state index < -0.39 is 5.60 Å².